The second-order valence-corrected chi connectivity index (χ2v) is 4.64. The van der Waals surface area contributed by atoms with E-state index < -0.39 is 5.97 Å². The average molecular weight is 382 g/mol. The summed E-state index contributed by atoms with van der Waals surface area (Å²) in [6.07, 6.45) is 19.1. The van der Waals surface area contributed by atoms with Crippen LogP contribution >= 0.6 is 0 Å². The summed E-state index contributed by atoms with van der Waals surface area (Å²) in [5.74, 6) is 0.440. The largest absolute Gasteiger partial charge is 2.00 e. The Morgan fingerprint density at radius 1 is 1.12 bits per heavy atom. The average Bonchev–Trinajstić information content (AvgIpc) is 3.31. The van der Waals surface area contributed by atoms with E-state index in [0.717, 1.165) is 5.92 Å². The Hall–Kier alpha value is -1.02. The van der Waals surface area contributed by atoms with Gasteiger partial charge >= 0.3 is 23.0 Å². The Morgan fingerprint density at radius 3 is 2.24 bits per heavy atom. The second kappa shape index (κ2) is 16.4. The van der Waals surface area contributed by atoms with Gasteiger partial charge in [-0.25, -0.2) is 4.79 Å². The molecule has 2 aliphatic rings. The molecule has 0 aromatic heterocycles. The quantitative estimate of drug-likeness (QED) is 0.229. The van der Waals surface area contributed by atoms with Crippen molar-refractivity contribution in [2.75, 3.05) is 26.4 Å². The van der Waals surface area contributed by atoms with Crippen molar-refractivity contribution in [2.45, 2.75) is 6.92 Å². The summed E-state index contributed by atoms with van der Waals surface area (Å²) in [6.45, 7) is 3.47. The van der Waals surface area contributed by atoms with E-state index in [2.05, 4.69) is 5.32 Å². The molecule has 6 heteroatoms. The fourth-order valence-corrected chi connectivity index (χ4v) is 1.68. The van der Waals surface area contributed by atoms with E-state index in [1.165, 1.54) is 6.20 Å². The molecule has 25 heavy (non-hydrogen) atoms. The zero-order valence-electron chi connectivity index (χ0n) is 14.1. The molecule has 2 rings (SSSR count). The number of esters is 1. The third kappa shape index (κ3) is 12.0. The van der Waals surface area contributed by atoms with Crippen LogP contribution in [0, 0.1) is 75.0 Å². The molecular formula is C19H22FeN2O3+2. The maximum atomic E-state index is 11.5. The molecule has 2 fully saturated rings. The van der Waals surface area contributed by atoms with Gasteiger partial charge in [0.05, 0.1) is 6.61 Å². The summed E-state index contributed by atoms with van der Waals surface area (Å²) in [6, 6.07) is 1.81. The Kier molecular flexibility index (Phi) is 15.8. The first-order chi connectivity index (χ1) is 11.8. The van der Waals surface area contributed by atoms with E-state index in [9.17, 15) is 4.79 Å². The van der Waals surface area contributed by atoms with Gasteiger partial charge in [-0.3, -0.25) is 0 Å². The van der Waals surface area contributed by atoms with Crippen LogP contribution in [0.5, 0.6) is 0 Å². The van der Waals surface area contributed by atoms with Crippen LogP contribution in [0.4, 0.5) is 0 Å². The van der Waals surface area contributed by atoms with Crippen molar-refractivity contribution < 1.29 is 31.3 Å². The van der Waals surface area contributed by atoms with Gasteiger partial charge in [0.1, 0.15) is 12.7 Å². The number of ether oxygens (including phenoxy) is 2. The van der Waals surface area contributed by atoms with Crippen LogP contribution in [0.15, 0.2) is 11.8 Å². The van der Waals surface area contributed by atoms with Gasteiger partial charge in [0.25, 0.3) is 0 Å². The molecule has 132 valence electrons. The molecule has 0 aliphatic heterocycles. The van der Waals surface area contributed by atoms with E-state index >= 15 is 0 Å². The van der Waals surface area contributed by atoms with E-state index in [1.54, 1.807) is 6.07 Å². The summed E-state index contributed by atoms with van der Waals surface area (Å²) in [5.41, 5.74) is -0.0527. The molecule has 2 saturated carbocycles. The molecule has 0 aromatic rings. The van der Waals surface area contributed by atoms with Gasteiger partial charge in [-0.15, -0.1) is 0 Å². The SMILES string of the molecule is CCOCCOC(=O)/C(C#N)=C/NC[C]1[CH][CH][CH][CH]1.[CH]1[CH][CH][CH][CH]1.[Fe+2]. The van der Waals surface area contributed by atoms with E-state index in [0.29, 0.717) is 19.8 Å². The minimum Gasteiger partial charge on any atom is -0.459 e. The zero-order chi connectivity index (χ0) is 17.5. The fraction of sp³-hybridized carbons (Fsp3) is 0.263. The Balaban J connectivity index is 0.000000820. The van der Waals surface area contributed by atoms with Crippen LogP contribution in [0.2, 0.25) is 0 Å². The summed E-state index contributed by atoms with van der Waals surface area (Å²) in [7, 11) is 0. The number of carbonyl (C=O) groups excluding carboxylic acids is 1. The third-order valence-corrected chi connectivity index (χ3v) is 2.85. The van der Waals surface area contributed by atoms with Gasteiger partial charge < -0.3 is 14.8 Å². The number of nitrogens with one attached hydrogen (secondary N) is 1. The minimum atomic E-state index is -0.641. The Labute approximate surface area is 163 Å². The predicted molar refractivity (Wildman–Crippen MR) is 91.1 cm³/mol. The fourth-order valence-electron chi connectivity index (χ4n) is 1.68. The molecule has 5 nitrogen and oxygen atoms in total. The van der Waals surface area contributed by atoms with Crippen LogP contribution < -0.4 is 5.32 Å². The molecule has 0 heterocycles. The maximum absolute atomic E-state index is 11.5. The Morgan fingerprint density at radius 2 is 1.72 bits per heavy atom. The summed E-state index contributed by atoms with van der Waals surface area (Å²) in [4.78, 5) is 11.5. The van der Waals surface area contributed by atoms with Crippen molar-refractivity contribution in [1.82, 2.24) is 5.32 Å². The number of carbonyl (C=O) groups is 1. The molecule has 0 unspecified atom stereocenters. The van der Waals surface area contributed by atoms with Crippen molar-refractivity contribution in [3.8, 4) is 6.07 Å². The van der Waals surface area contributed by atoms with Crippen LogP contribution in [-0.2, 0) is 31.3 Å². The monoisotopic (exact) mass is 382 g/mol. The van der Waals surface area contributed by atoms with Crippen molar-refractivity contribution in [1.29, 1.82) is 5.26 Å². The predicted octanol–water partition coefficient (Wildman–Crippen LogP) is 1.99. The molecular weight excluding hydrogens is 360 g/mol. The van der Waals surface area contributed by atoms with Crippen LogP contribution in [-0.4, -0.2) is 32.3 Å². The van der Waals surface area contributed by atoms with Crippen molar-refractivity contribution in [3.63, 3.8) is 0 Å². The summed E-state index contributed by atoms with van der Waals surface area (Å²) >= 11 is 0. The molecule has 0 amide bonds. The summed E-state index contributed by atoms with van der Waals surface area (Å²) < 4.78 is 9.92. The van der Waals surface area contributed by atoms with Crippen molar-refractivity contribution in [3.05, 3.63) is 75.5 Å². The summed E-state index contributed by atoms with van der Waals surface area (Å²) in [5, 5.41) is 11.8. The molecule has 0 aromatic carbocycles. The van der Waals surface area contributed by atoms with E-state index in [4.69, 9.17) is 14.7 Å². The van der Waals surface area contributed by atoms with Crippen LogP contribution in [0.3, 0.4) is 0 Å². The molecule has 0 spiro atoms. The van der Waals surface area contributed by atoms with E-state index in [1.807, 2.05) is 64.7 Å². The number of hydrogen-bond donors (Lipinski definition) is 1. The van der Waals surface area contributed by atoms with Gasteiger partial charge in [-0.05, 0) is 64.7 Å². The standard InChI is InChI=1S/C14H17N2O3.C5H5.Fe/c1-2-18-7-8-19-14(17)13(9-15)11-16-10-12-5-3-4-6-12;1-2-4-5-3-1;/h3-6,11,16H,2,7-8,10H2,1H3;1-5H;/q;;+2/b13-11+;;. The third-order valence-electron chi connectivity index (χ3n) is 2.85. The maximum Gasteiger partial charge on any atom is 2.00 e. The molecule has 1 N–H and O–H groups in total. The smallest absolute Gasteiger partial charge is 0.459 e. The number of hydrogen-bond acceptors (Lipinski definition) is 5. The molecule has 0 bridgehead atoms. The molecule has 2 aliphatic carbocycles. The first kappa shape index (κ1) is 24.0. The van der Waals surface area contributed by atoms with Gasteiger partial charge in [0.15, 0.2) is 5.57 Å². The number of nitriles is 1. The Bertz CT molecular complexity index is 404. The van der Waals surface area contributed by atoms with Crippen molar-refractivity contribution >= 4 is 5.97 Å². The van der Waals surface area contributed by atoms with Gasteiger partial charge in [0, 0.05) is 25.3 Å². The van der Waals surface area contributed by atoms with Crippen molar-refractivity contribution in [2.24, 2.45) is 0 Å². The zero-order valence-corrected chi connectivity index (χ0v) is 15.2. The van der Waals surface area contributed by atoms with Crippen LogP contribution in [0.1, 0.15) is 6.92 Å². The first-order valence-corrected chi connectivity index (χ1v) is 7.73. The minimum absolute atomic E-state index is 0. The topological polar surface area (TPSA) is 71.3 Å². The number of nitrogens with zero attached hydrogens (tertiary/aromatic N) is 1. The number of rotatable bonds is 8. The van der Waals surface area contributed by atoms with Gasteiger partial charge in [-0.1, -0.05) is 0 Å². The first-order valence-electron chi connectivity index (χ1n) is 7.73. The molecule has 0 atom stereocenters. The molecule has 10 radical (unpaired) electrons. The van der Waals surface area contributed by atoms with E-state index in [-0.39, 0.29) is 29.2 Å². The second-order valence-electron chi connectivity index (χ2n) is 4.64. The molecule has 0 saturated heterocycles. The normalized spacial score (nSPS) is 17.0. The van der Waals surface area contributed by atoms with Gasteiger partial charge in [-0.2, -0.15) is 5.26 Å². The van der Waals surface area contributed by atoms with Crippen LogP contribution in [0.25, 0.3) is 0 Å². The van der Waals surface area contributed by atoms with Gasteiger partial charge in [0.2, 0.25) is 0 Å².